The maximum absolute atomic E-state index is 12.4. The topological polar surface area (TPSA) is 90.9 Å². The van der Waals surface area contributed by atoms with Crippen LogP contribution < -0.4 is 10.0 Å². The van der Waals surface area contributed by atoms with Gasteiger partial charge in [-0.05, 0) is 25.8 Å². The Kier molecular flexibility index (Phi) is 7.77. The summed E-state index contributed by atoms with van der Waals surface area (Å²) in [5.41, 5.74) is 1.48. The van der Waals surface area contributed by atoms with E-state index in [0.717, 1.165) is 0 Å². The van der Waals surface area contributed by atoms with Crippen LogP contribution in [0, 0.1) is 12.1 Å². The highest BCUT2D eigenvalue weighted by atomic mass is 32.2. The van der Waals surface area contributed by atoms with Crippen molar-refractivity contribution in [2.45, 2.75) is 51.0 Å². The average Bonchev–Trinajstić information content (AvgIpc) is 2.99. The summed E-state index contributed by atoms with van der Waals surface area (Å²) in [6, 6.07) is 3.25. The number of carbonyl (C=O) groups is 1. The molecule has 0 bridgehead atoms. The van der Waals surface area contributed by atoms with Crippen LogP contribution >= 0.6 is 0 Å². The van der Waals surface area contributed by atoms with Gasteiger partial charge in [0.05, 0.1) is 17.6 Å². The Hall–Kier alpha value is -2.43. The second-order valence-corrected chi connectivity index (χ2v) is 8.42. The number of halogens is 3. The van der Waals surface area contributed by atoms with E-state index in [0.29, 0.717) is 28.2 Å². The van der Waals surface area contributed by atoms with Crippen molar-refractivity contribution in [3.63, 3.8) is 0 Å². The van der Waals surface area contributed by atoms with Gasteiger partial charge in [0.25, 0.3) is 0 Å². The molecule has 2 rings (SSSR count). The second kappa shape index (κ2) is 9.86. The van der Waals surface area contributed by atoms with Crippen LogP contribution in [0.4, 0.5) is 18.9 Å². The van der Waals surface area contributed by atoms with Gasteiger partial charge in [-0.1, -0.05) is 6.92 Å². The number of pyridine rings is 1. The van der Waals surface area contributed by atoms with Gasteiger partial charge in [0.15, 0.2) is 6.20 Å². The summed E-state index contributed by atoms with van der Waals surface area (Å²) >= 11 is 0. The lowest BCUT2D eigenvalue weighted by Gasteiger charge is -2.15. The Morgan fingerprint density at radius 3 is 2.79 bits per heavy atom. The molecular formula is C18H23F3N4O3S. The largest absolute Gasteiger partial charge is 0.619 e. The van der Waals surface area contributed by atoms with Crippen molar-refractivity contribution in [1.29, 1.82) is 0 Å². The molecule has 0 fully saturated rings. The monoisotopic (exact) mass is 432 g/mol. The maximum Gasteiger partial charge on any atom is 0.389 e. The van der Waals surface area contributed by atoms with Gasteiger partial charge in [0, 0.05) is 40.7 Å². The van der Waals surface area contributed by atoms with Gasteiger partial charge in [-0.3, -0.25) is 9.00 Å². The first kappa shape index (κ1) is 22.9. The van der Waals surface area contributed by atoms with Gasteiger partial charge < -0.3 is 10.5 Å². The first-order valence-electron chi connectivity index (χ1n) is 9.08. The quantitative estimate of drug-likeness (QED) is 0.487. The van der Waals surface area contributed by atoms with Crippen LogP contribution in [-0.4, -0.2) is 37.1 Å². The molecule has 2 atom stereocenters. The maximum atomic E-state index is 12.4. The lowest BCUT2D eigenvalue weighted by atomic mass is 10.2. The van der Waals surface area contributed by atoms with Crippen molar-refractivity contribution in [3.05, 3.63) is 41.6 Å². The molecule has 0 spiro atoms. The summed E-state index contributed by atoms with van der Waals surface area (Å²) in [5.74, 6) is -0.485. The Labute approximate surface area is 169 Å². The molecule has 1 amide bonds. The molecule has 0 saturated carbocycles. The number of rotatable bonds is 9. The minimum Gasteiger partial charge on any atom is -0.619 e. The van der Waals surface area contributed by atoms with Gasteiger partial charge >= 0.3 is 6.18 Å². The number of amides is 1. The number of aromatic nitrogens is 3. The lowest BCUT2D eigenvalue weighted by Crippen LogP contribution is -2.25. The predicted octanol–water partition coefficient (Wildman–Crippen LogP) is 3.01. The number of nitrogens with zero attached hydrogens (tertiary/aromatic N) is 3. The SMILES string of the molecule is CCC(CC(=O)Nc1cn(-c2ccc[n+]([O-])c2)nc1C)S(=O)CCCC(F)(F)F. The van der Waals surface area contributed by atoms with E-state index in [1.54, 1.807) is 32.2 Å². The number of carbonyl (C=O) groups excluding carboxylic acids is 1. The molecule has 0 aliphatic carbocycles. The summed E-state index contributed by atoms with van der Waals surface area (Å²) in [5, 5.41) is 17.8. The number of hydrogen-bond donors (Lipinski definition) is 1. The van der Waals surface area contributed by atoms with Crippen molar-refractivity contribution in [1.82, 2.24) is 9.78 Å². The Morgan fingerprint density at radius 2 is 2.17 bits per heavy atom. The third-order valence-electron chi connectivity index (χ3n) is 4.24. The van der Waals surface area contributed by atoms with E-state index in [1.807, 2.05) is 0 Å². The predicted molar refractivity (Wildman–Crippen MR) is 103 cm³/mol. The molecule has 0 saturated heterocycles. The molecular weight excluding hydrogens is 409 g/mol. The van der Waals surface area contributed by atoms with Crippen LogP contribution in [0.15, 0.2) is 30.7 Å². The van der Waals surface area contributed by atoms with Gasteiger partial charge in [0.2, 0.25) is 12.1 Å². The molecule has 1 N–H and O–H groups in total. The summed E-state index contributed by atoms with van der Waals surface area (Å²) < 4.78 is 51.0. The van der Waals surface area contributed by atoms with E-state index in [-0.39, 0.29) is 18.6 Å². The van der Waals surface area contributed by atoms with Crippen molar-refractivity contribution in [3.8, 4) is 5.69 Å². The molecule has 0 aromatic carbocycles. The number of hydrogen-bond acceptors (Lipinski definition) is 4. The molecule has 7 nitrogen and oxygen atoms in total. The van der Waals surface area contributed by atoms with Crippen molar-refractivity contribution in [2.24, 2.45) is 0 Å². The second-order valence-electron chi connectivity index (χ2n) is 6.58. The van der Waals surface area contributed by atoms with Crippen LogP contribution in [-0.2, 0) is 15.6 Å². The number of nitrogens with one attached hydrogen (secondary N) is 1. The molecule has 11 heteroatoms. The zero-order valence-corrected chi connectivity index (χ0v) is 16.9. The number of anilines is 1. The molecule has 0 aliphatic heterocycles. The van der Waals surface area contributed by atoms with Gasteiger partial charge in [-0.15, -0.1) is 0 Å². The van der Waals surface area contributed by atoms with E-state index in [1.165, 1.54) is 17.1 Å². The van der Waals surface area contributed by atoms with Crippen molar-refractivity contribution in [2.75, 3.05) is 11.1 Å². The van der Waals surface area contributed by atoms with E-state index >= 15 is 0 Å². The van der Waals surface area contributed by atoms with Crippen LogP contribution in [0.25, 0.3) is 5.69 Å². The highest BCUT2D eigenvalue weighted by Crippen LogP contribution is 2.22. The first-order chi connectivity index (χ1) is 13.6. The van der Waals surface area contributed by atoms with Crippen molar-refractivity contribution >= 4 is 22.4 Å². The normalized spacial score (nSPS) is 13.8. The molecule has 2 unspecified atom stereocenters. The van der Waals surface area contributed by atoms with E-state index < -0.39 is 34.6 Å². The third-order valence-corrected chi connectivity index (χ3v) is 6.18. The zero-order chi connectivity index (χ0) is 21.6. The molecule has 2 heterocycles. The fourth-order valence-corrected chi connectivity index (χ4v) is 4.18. The van der Waals surface area contributed by atoms with Gasteiger partial charge in [-0.2, -0.15) is 23.0 Å². The Bertz CT molecular complexity index is 870. The zero-order valence-electron chi connectivity index (χ0n) is 16.1. The van der Waals surface area contributed by atoms with E-state index in [4.69, 9.17) is 0 Å². The lowest BCUT2D eigenvalue weighted by molar-refractivity contribution is -0.605. The number of alkyl halides is 3. The number of aryl methyl sites for hydroxylation is 1. The van der Waals surface area contributed by atoms with Crippen LogP contribution in [0.1, 0.15) is 38.3 Å². The Morgan fingerprint density at radius 1 is 1.45 bits per heavy atom. The fourth-order valence-electron chi connectivity index (χ4n) is 2.71. The summed E-state index contributed by atoms with van der Waals surface area (Å²) in [6.45, 7) is 3.43. The van der Waals surface area contributed by atoms with Crippen molar-refractivity contribution < 1.29 is 26.9 Å². The molecule has 2 aromatic rings. The van der Waals surface area contributed by atoms with Crippen LogP contribution in [0.2, 0.25) is 0 Å². The molecule has 160 valence electrons. The summed E-state index contributed by atoms with van der Waals surface area (Å²) in [4.78, 5) is 12.4. The van der Waals surface area contributed by atoms with Crippen LogP contribution in [0.5, 0.6) is 0 Å². The average molecular weight is 432 g/mol. The first-order valence-corrected chi connectivity index (χ1v) is 10.5. The highest BCUT2D eigenvalue weighted by Gasteiger charge is 2.27. The molecule has 0 radical (unpaired) electrons. The Balaban J connectivity index is 1.96. The standard InChI is InChI=1S/C18H23F3N4O3S/c1-3-15(29(28)9-5-7-18(19,20)21)10-17(26)22-16-12-25(23-13(16)2)14-6-4-8-24(27)11-14/h4,6,8,11-12,15H,3,5,7,9-10H2,1-2H3,(H,22,26). The highest BCUT2D eigenvalue weighted by molar-refractivity contribution is 7.85. The fraction of sp³-hybridized carbons (Fsp3) is 0.500. The molecule has 29 heavy (non-hydrogen) atoms. The molecule has 2 aromatic heterocycles. The minimum atomic E-state index is -4.27. The smallest absolute Gasteiger partial charge is 0.389 e. The molecule has 0 aliphatic rings. The summed E-state index contributed by atoms with van der Waals surface area (Å²) in [7, 11) is -1.52. The van der Waals surface area contributed by atoms with Gasteiger partial charge in [0.1, 0.15) is 5.69 Å². The van der Waals surface area contributed by atoms with E-state index in [2.05, 4.69) is 10.4 Å². The summed E-state index contributed by atoms with van der Waals surface area (Å²) in [6.07, 6.45) is -0.907. The van der Waals surface area contributed by atoms with Crippen LogP contribution in [0.3, 0.4) is 0 Å². The third kappa shape index (κ3) is 7.15. The van der Waals surface area contributed by atoms with Gasteiger partial charge in [-0.25, -0.2) is 4.68 Å². The minimum absolute atomic E-state index is 0.0638. The van der Waals surface area contributed by atoms with E-state index in [9.17, 15) is 27.4 Å².